The minimum atomic E-state index is -0.794. The molecule has 0 aliphatic rings. The molecular weight excluding hydrogens is 406 g/mol. The summed E-state index contributed by atoms with van der Waals surface area (Å²) in [5, 5.41) is 2.80. The van der Waals surface area contributed by atoms with Crippen LogP contribution < -0.4 is 20.9 Å². The Morgan fingerprint density at radius 2 is 1.44 bits per heavy atom. The Hall–Kier alpha value is -4.13. The van der Waals surface area contributed by atoms with Crippen molar-refractivity contribution in [2.45, 2.75) is 26.9 Å². The van der Waals surface area contributed by atoms with E-state index >= 15 is 0 Å². The number of carbonyl (C=O) groups is 3. The van der Waals surface area contributed by atoms with E-state index in [4.69, 9.17) is 4.74 Å². The molecule has 0 heterocycles. The highest BCUT2D eigenvalue weighted by Gasteiger charge is 2.16. The molecule has 7 nitrogen and oxygen atoms in total. The van der Waals surface area contributed by atoms with Gasteiger partial charge in [-0.15, -0.1) is 0 Å². The second-order valence-corrected chi connectivity index (χ2v) is 7.36. The lowest BCUT2D eigenvalue weighted by Crippen LogP contribution is -2.47. The molecule has 3 amide bonds. The van der Waals surface area contributed by atoms with E-state index in [2.05, 4.69) is 16.2 Å². The Balaban J connectivity index is 1.51. The summed E-state index contributed by atoms with van der Waals surface area (Å²) < 4.78 is 5.56. The summed E-state index contributed by atoms with van der Waals surface area (Å²) in [6, 6.07) is 21.0. The third kappa shape index (κ3) is 5.95. The SMILES string of the molecule is Cc1ccc(OC(C)C(=O)NNC(=O)c2ccc(NC(=O)c3ccccc3C)cc2)cc1. The van der Waals surface area contributed by atoms with Crippen LogP contribution in [0.2, 0.25) is 0 Å². The van der Waals surface area contributed by atoms with Crippen LogP contribution in [0.1, 0.15) is 38.8 Å². The van der Waals surface area contributed by atoms with Gasteiger partial charge in [-0.3, -0.25) is 25.2 Å². The molecule has 0 aromatic heterocycles. The van der Waals surface area contributed by atoms with Crippen molar-refractivity contribution in [3.8, 4) is 5.75 Å². The molecule has 0 saturated heterocycles. The van der Waals surface area contributed by atoms with Crippen molar-refractivity contribution < 1.29 is 19.1 Å². The highest BCUT2D eigenvalue weighted by Crippen LogP contribution is 2.14. The summed E-state index contributed by atoms with van der Waals surface area (Å²) in [5.74, 6) is -0.637. The number of hydrogen-bond donors (Lipinski definition) is 3. The Morgan fingerprint density at radius 3 is 2.09 bits per heavy atom. The van der Waals surface area contributed by atoms with Gasteiger partial charge in [0.25, 0.3) is 17.7 Å². The highest BCUT2D eigenvalue weighted by molar-refractivity contribution is 6.05. The molecule has 1 atom stereocenters. The Morgan fingerprint density at radius 1 is 0.781 bits per heavy atom. The van der Waals surface area contributed by atoms with Crippen LogP contribution in [0, 0.1) is 13.8 Å². The fraction of sp³-hybridized carbons (Fsp3) is 0.160. The number of amides is 3. The first-order chi connectivity index (χ1) is 15.3. The number of benzene rings is 3. The summed E-state index contributed by atoms with van der Waals surface area (Å²) in [7, 11) is 0. The van der Waals surface area contributed by atoms with Crippen LogP contribution in [0.3, 0.4) is 0 Å². The van der Waals surface area contributed by atoms with E-state index in [-0.39, 0.29) is 5.91 Å². The van der Waals surface area contributed by atoms with Gasteiger partial charge < -0.3 is 10.1 Å². The second kappa shape index (κ2) is 10.3. The zero-order valence-electron chi connectivity index (χ0n) is 18.1. The standard InChI is InChI=1S/C25H25N3O4/c1-16-8-14-21(15-9-16)32-18(3)23(29)27-28-24(30)19-10-12-20(13-11-19)26-25(31)22-7-5-4-6-17(22)2/h4-15,18H,1-3H3,(H,26,31)(H,27,29)(H,28,30). The first-order valence-corrected chi connectivity index (χ1v) is 10.1. The van der Waals surface area contributed by atoms with Gasteiger partial charge >= 0.3 is 0 Å². The van der Waals surface area contributed by atoms with Crippen molar-refractivity contribution in [3.05, 3.63) is 95.1 Å². The lowest BCUT2D eigenvalue weighted by molar-refractivity contribution is -0.128. The summed E-state index contributed by atoms with van der Waals surface area (Å²) in [5.41, 5.74) is 8.14. The van der Waals surface area contributed by atoms with Gasteiger partial charge in [0, 0.05) is 16.8 Å². The second-order valence-electron chi connectivity index (χ2n) is 7.36. The molecule has 0 bridgehead atoms. The first-order valence-electron chi connectivity index (χ1n) is 10.1. The number of hydrazine groups is 1. The number of hydrogen-bond acceptors (Lipinski definition) is 4. The van der Waals surface area contributed by atoms with Gasteiger partial charge in [-0.05, 0) is 68.8 Å². The number of aryl methyl sites for hydroxylation is 2. The topological polar surface area (TPSA) is 96.5 Å². The Labute approximate surface area is 186 Å². The van der Waals surface area contributed by atoms with Gasteiger partial charge in [0.1, 0.15) is 5.75 Å². The number of rotatable bonds is 6. The number of ether oxygens (including phenoxy) is 1. The average molecular weight is 431 g/mol. The molecule has 0 radical (unpaired) electrons. The zero-order valence-corrected chi connectivity index (χ0v) is 18.1. The smallest absolute Gasteiger partial charge is 0.279 e. The summed E-state index contributed by atoms with van der Waals surface area (Å²) in [4.78, 5) is 36.9. The maximum Gasteiger partial charge on any atom is 0.279 e. The van der Waals surface area contributed by atoms with Crippen LogP contribution in [0.15, 0.2) is 72.8 Å². The fourth-order valence-corrected chi connectivity index (χ4v) is 2.90. The van der Waals surface area contributed by atoms with Gasteiger partial charge in [-0.25, -0.2) is 0 Å². The van der Waals surface area contributed by atoms with E-state index in [0.717, 1.165) is 11.1 Å². The molecule has 3 N–H and O–H groups in total. The van der Waals surface area contributed by atoms with E-state index in [9.17, 15) is 14.4 Å². The van der Waals surface area contributed by atoms with Crippen LogP contribution in [0.5, 0.6) is 5.75 Å². The third-order valence-electron chi connectivity index (χ3n) is 4.80. The van der Waals surface area contributed by atoms with Gasteiger partial charge in [0.15, 0.2) is 6.10 Å². The van der Waals surface area contributed by atoms with Crippen molar-refractivity contribution in [1.82, 2.24) is 10.9 Å². The van der Waals surface area contributed by atoms with Crippen LogP contribution in [-0.4, -0.2) is 23.8 Å². The molecule has 0 spiro atoms. The molecule has 3 aromatic rings. The predicted octanol–water partition coefficient (Wildman–Crippen LogP) is 3.78. The minimum absolute atomic E-state index is 0.227. The summed E-state index contributed by atoms with van der Waals surface area (Å²) in [6.07, 6.45) is -0.794. The Bertz CT molecular complexity index is 1110. The van der Waals surface area contributed by atoms with E-state index in [1.807, 2.05) is 38.1 Å². The highest BCUT2D eigenvalue weighted by atomic mass is 16.5. The molecule has 164 valence electrons. The molecule has 32 heavy (non-hydrogen) atoms. The molecule has 0 saturated carbocycles. The lowest BCUT2D eigenvalue weighted by atomic mass is 10.1. The van der Waals surface area contributed by atoms with E-state index in [1.54, 1.807) is 55.5 Å². The normalized spacial score (nSPS) is 11.2. The largest absolute Gasteiger partial charge is 0.481 e. The summed E-state index contributed by atoms with van der Waals surface area (Å²) >= 11 is 0. The number of nitrogens with one attached hydrogen (secondary N) is 3. The quantitative estimate of drug-likeness (QED) is 0.518. The van der Waals surface area contributed by atoms with E-state index in [1.165, 1.54) is 0 Å². The maximum atomic E-state index is 12.4. The molecule has 7 heteroatoms. The van der Waals surface area contributed by atoms with Crippen molar-refractivity contribution in [3.63, 3.8) is 0 Å². The zero-order chi connectivity index (χ0) is 23.1. The van der Waals surface area contributed by atoms with E-state index < -0.39 is 17.9 Å². The summed E-state index contributed by atoms with van der Waals surface area (Å²) in [6.45, 7) is 5.41. The number of carbonyl (C=O) groups excluding carboxylic acids is 3. The van der Waals surface area contributed by atoms with Crippen LogP contribution in [0.25, 0.3) is 0 Å². The van der Waals surface area contributed by atoms with Gasteiger partial charge in [0.05, 0.1) is 0 Å². The van der Waals surface area contributed by atoms with Gasteiger partial charge in [0.2, 0.25) is 0 Å². The van der Waals surface area contributed by atoms with Crippen LogP contribution >= 0.6 is 0 Å². The van der Waals surface area contributed by atoms with E-state index in [0.29, 0.717) is 22.6 Å². The van der Waals surface area contributed by atoms with Crippen molar-refractivity contribution >= 4 is 23.4 Å². The van der Waals surface area contributed by atoms with Crippen molar-refractivity contribution in [2.24, 2.45) is 0 Å². The van der Waals surface area contributed by atoms with Crippen LogP contribution in [0.4, 0.5) is 5.69 Å². The minimum Gasteiger partial charge on any atom is -0.481 e. The number of anilines is 1. The molecular formula is C25H25N3O4. The molecule has 3 rings (SSSR count). The molecule has 3 aromatic carbocycles. The predicted molar refractivity (Wildman–Crippen MR) is 122 cm³/mol. The fourth-order valence-electron chi connectivity index (χ4n) is 2.90. The van der Waals surface area contributed by atoms with Gasteiger partial charge in [-0.1, -0.05) is 35.9 Å². The monoisotopic (exact) mass is 431 g/mol. The molecule has 1 unspecified atom stereocenters. The third-order valence-corrected chi connectivity index (χ3v) is 4.80. The van der Waals surface area contributed by atoms with Gasteiger partial charge in [-0.2, -0.15) is 0 Å². The van der Waals surface area contributed by atoms with Crippen LogP contribution in [-0.2, 0) is 4.79 Å². The van der Waals surface area contributed by atoms with Crippen molar-refractivity contribution in [1.29, 1.82) is 0 Å². The molecule has 0 aliphatic heterocycles. The molecule has 0 fully saturated rings. The lowest BCUT2D eigenvalue weighted by Gasteiger charge is -2.15. The van der Waals surface area contributed by atoms with Crippen molar-refractivity contribution in [2.75, 3.05) is 5.32 Å². The first kappa shape index (κ1) is 22.6. The average Bonchev–Trinajstić information content (AvgIpc) is 2.79. The Kier molecular flexibility index (Phi) is 7.23. The molecule has 0 aliphatic carbocycles. The maximum absolute atomic E-state index is 12.4.